The Bertz CT molecular complexity index is 1170. The van der Waals surface area contributed by atoms with Gasteiger partial charge in [-0.1, -0.05) is 12.1 Å². The van der Waals surface area contributed by atoms with E-state index >= 15 is 0 Å². The first-order chi connectivity index (χ1) is 17.1. The number of nitrogens with one attached hydrogen (secondary N) is 2. The van der Waals surface area contributed by atoms with Crippen LogP contribution in [-0.4, -0.2) is 56.3 Å². The quantitative estimate of drug-likeness (QED) is 0.598. The number of halogens is 2. The molecule has 5 rings (SSSR count). The van der Waals surface area contributed by atoms with E-state index in [-0.39, 0.29) is 29.5 Å². The highest BCUT2D eigenvalue weighted by molar-refractivity contribution is 5.85. The lowest BCUT2D eigenvalue weighted by molar-refractivity contribution is -0.129. The molecule has 1 aromatic heterocycles. The topological polar surface area (TPSA) is 112 Å². The van der Waals surface area contributed by atoms with Crippen LogP contribution in [0.3, 0.4) is 0 Å². The number of likely N-dealkylation sites (tertiary alicyclic amines) is 1. The van der Waals surface area contributed by atoms with Gasteiger partial charge in [0.1, 0.15) is 5.60 Å². The second-order valence-corrected chi connectivity index (χ2v) is 10.7. The van der Waals surface area contributed by atoms with E-state index in [2.05, 4.69) is 20.8 Å². The van der Waals surface area contributed by atoms with Crippen molar-refractivity contribution in [3.8, 4) is 0 Å². The molecule has 194 valence electrons. The minimum Gasteiger partial charge on any atom is -0.382 e. The molecule has 0 unspecified atom stereocenters. The summed E-state index contributed by atoms with van der Waals surface area (Å²) in [6.07, 6.45) is 2.96. The number of hydrogen-bond acceptors (Lipinski definition) is 5. The molecule has 3 aliphatic heterocycles. The highest BCUT2D eigenvalue weighted by atomic mass is 19.2. The number of aliphatic hydroxyl groups is 1. The Morgan fingerprint density at radius 3 is 2.61 bits per heavy atom. The predicted molar refractivity (Wildman–Crippen MR) is 126 cm³/mol. The summed E-state index contributed by atoms with van der Waals surface area (Å²) in [7, 11) is 0. The fourth-order valence-corrected chi connectivity index (χ4v) is 5.81. The average Bonchev–Trinajstić information content (AvgIpc) is 3.36. The van der Waals surface area contributed by atoms with E-state index in [0.29, 0.717) is 57.0 Å². The van der Waals surface area contributed by atoms with Crippen molar-refractivity contribution in [2.24, 2.45) is 5.41 Å². The number of nitrogens with zero attached hydrogens (tertiary/aromatic N) is 4. The maximum absolute atomic E-state index is 14.7. The molecular formula is C25H32F2N6O3. The molecule has 11 heteroatoms. The van der Waals surface area contributed by atoms with Crippen LogP contribution in [0.2, 0.25) is 0 Å². The Hall–Kier alpha value is -3.08. The van der Waals surface area contributed by atoms with Gasteiger partial charge >= 0.3 is 6.03 Å². The number of hydrogen-bond donors (Lipinski definition) is 3. The first-order valence-corrected chi connectivity index (χ1v) is 12.5. The molecule has 9 nitrogen and oxygen atoms in total. The summed E-state index contributed by atoms with van der Waals surface area (Å²) >= 11 is 0. The van der Waals surface area contributed by atoms with Crippen molar-refractivity contribution in [2.75, 3.05) is 19.6 Å². The zero-order valence-electron chi connectivity index (χ0n) is 20.6. The molecule has 0 bridgehead atoms. The van der Waals surface area contributed by atoms with Gasteiger partial charge in [-0.05, 0) is 57.6 Å². The van der Waals surface area contributed by atoms with Gasteiger partial charge in [-0.2, -0.15) is 0 Å². The summed E-state index contributed by atoms with van der Waals surface area (Å²) in [6.45, 7) is 5.05. The molecule has 4 heterocycles. The van der Waals surface area contributed by atoms with Gasteiger partial charge in [-0.3, -0.25) is 4.79 Å². The maximum atomic E-state index is 14.7. The second-order valence-electron chi connectivity index (χ2n) is 10.7. The lowest BCUT2D eigenvalue weighted by atomic mass is 9.77. The van der Waals surface area contributed by atoms with Crippen LogP contribution in [0.1, 0.15) is 75.1 Å². The zero-order valence-corrected chi connectivity index (χ0v) is 20.6. The Morgan fingerprint density at radius 1 is 1.19 bits per heavy atom. The van der Waals surface area contributed by atoms with Crippen LogP contribution in [0, 0.1) is 17.0 Å². The van der Waals surface area contributed by atoms with Crippen molar-refractivity contribution in [1.29, 1.82) is 0 Å². The predicted octanol–water partition coefficient (Wildman–Crippen LogP) is 2.71. The molecular weight excluding hydrogens is 470 g/mol. The molecule has 2 atom stereocenters. The Balaban J connectivity index is 1.37. The lowest BCUT2D eigenvalue weighted by Crippen LogP contribution is -2.50. The van der Waals surface area contributed by atoms with E-state index < -0.39 is 29.2 Å². The third-order valence-electron chi connectivity index (χ3n) is 7.94. The van der Waals surface area contributed by atoms with E-state index in [9.17, 15) is 23.5 Å². The van der Waals surface area contributed by atoms with Crippen molar-refractivity contribution in [1.82, 2.24) is 30.3 Å². The van der Waals surface area contributed by atoms with Gasteiger partial charge in [0.2, 0.25) is 5.91 Å². The summed E-state index contributed by atoms with van der Waals surface area (Å²) in [5.74, 6) is -1.34. The van der Waals surface area contributed by atoms with Gasteiger partial charge in [-0.25, -0.2) is 13.6 Å². The van der Waals surface area contributed by atoms with E-state index in [1.54, 1.807) is 29.4 Å². The van der Waals surface area contributed by atoms with Crippen LogP contribution in [0.4, 0.5) is 13.6 Å². The largest absolute Gasteiger partial charge is 0.382 e. The normalized spacial score (nSPS) is 23.8. The summed E-state index contributed by atoms with van der Waals surface area (Å²) in [4.78, 5) is 27.2. The molecule has 36 heavy (non-hydrogen) atoms. The van der Waals surface area contributed by atoms with Crippen molar-refractivity contribution >= 4 is 11.9 Å². The van der Waals surface area contributed by atoms with Crippen LogP contribution < -0.4 is 10.6 Å². The summed E-state index contributed by atoms with van der Waals surface area (Å²) in [6, 6.07) is 3.35. The van der Waals surface area contributed by atoms with Crippen molar-refractivity contribution < 1.29 is 23.5 Å². The number of rotatable bonds is 3. The molecule has 1 aromatic carbocycles. The van der Waals surface area contributed by atoms with Crippen LogP contribution in [0.15, 0.2) is 18.2 Å². The van der Waals surface area contributed by atoms with Gasteiger partial charge in [0.05, 0.1) is 11.5 Å². The minimum absolute atomic E-state index is 0.0780. The number of amides is 3. The second kappa shape index (κ2) is 9.10. The monoisotopic (exact) mass is 502 g/mol. The molecule has 2 fully saturated rings. The van der Waals surface area contributed by atoms with Crippen molar-refractivity contribution in [3.63, 3.8) is 0 Å². The Labute approximate surface area is 208 Å². The molecule has 3 N–H and O–H groups in total. The molecule has 3 amide bonds. The summed E-state index contributed by atoms with van der Waals surface area (Å²) < 4.78 is 30.4. The SMILES string of the molecule is CC(C)(O)c1nnc2n1C[C@H](c1cccc(F)c1F)CC[C@H]2NC(=O)N1CCC2(CCNC2=O)CC1. The van der Waals surface area contributed by atoms with Crippen LogP contribution >= 0.6 is 0 Å². The van der Waals surface area contributed by atoms with Crippen molar-refractivity contribution in [3.05, 3.63) is 47.0 Å². The highest BCUT2D eigenvalue weighted by Crippen LogP contribution is 2.39. The van der Waals surface area contributed by atoms with E-state index in [1.165, 1.54) is 6.07 Å². The molecule has 3 aliphatic rings. The van der Waals surface area contributed by atoms with E-state index in [1.807, 2.05) is 0 Å². The average molecular weight is 503 g/mol. The molecule has 2 saturated heterocycles. The number of urea groups is 1. The van der Waals surface area contributed by atoms with E-state index in [0.717, 1.165) is 12.5 Å². The smallest absolute Gasteiger partial charge is 0.317 e. The highest BCUT2D eigenvalue weighted by Gasteiger charge is 2.45. The minimum atomic E-state index is -1.32. The number of carbonyl (C=O) groups excluding carboxylic acids is 2. The van der Waals surface area contributed by atoms with Crippen LogP contribution in [0.5, 0.6) is 0 Å². The van der Waals surface area contributed by atoms with Gasteiger partial charge in [0.25, 0.3) is 0 Å². The zero-order chi connectivity index (χ0) is 25.7. The fourth-order valence-electron chi connectivity index (χ4n) is 5.81. The lowest BCUT2D eigenvalue weighted by Gasteiger charge is -2.37. The summed E-state index contributed by atoms with van der Waals surface area (Å²) in [5.41, 5.74) is -1.44. The molecule has 0 aliphatic carbocycles. The molecule has 1 spiro atoms. The van der Waals surface area contributed by atoms with E-state index in [4.69, 9.17) is 0 Å². The third kappa shape index (κ3) is 4.33. The van der Waals surface area contributed by atoms with Gasteiger partial charge in [0, 0.05) is 32.1 Å². The maximum Gasteiger partial charge on any atom is 0.317 e. The Kier molecular flexibility index (Phi) is 6.22. The standard InChI is InChI=1S/C25H32F2N6O3/c1-24(2,36)21-31-30-20-18(7-6-15(14-33(20)21)16-4-3-5-17(26)19(16)27)29-23(35)32-12-9-25(10-13-32)8-11-28-22(25)34/h3-5,15,18,36H,6-14H2,1-2H3,(H,28,34)(H,29,35)/t15-,18-/m1/s1. The molecule has 0 radical (unpaired) electrons. The first kappa shape index (κ1) is 24.6. The first-order valence-electron chi connectivity index (χ1n) is 12.5. The molecule has 2 aromatic rings. The fraction of sp³-hybridized carbons (Fsp3) is 0.600. The van der Waals surface area contributed by atoms with Gasteiger partial charge in [0.15, 0.2) is 23.3 Å². The number of piperidine rings is 1. The number of benzene rings is 1. The van der Waals surface area contributed by atoms with Gasteiger partial charge in [-0.15, -0.1) is 10.2 Å². The molecule has 0 saturated carbocycles. The van der Waals surface area contributed by atoms with Gasteiger partial charge < -0.3 is 25.2 Å². The van der Waals surface area contributed by atoms with Crippen LogP contribution in [0.25, 0.3) is 0 Å². The summed E-state index contributed by atoms with van der Waals surface area (Å²) in [5, 5.41) is 25.1. The number of aromatic nitrogens is 3. The van der Waals surface area contributed by atoms with Crippen molar-refractivity contribution in [2.45, 2.75) is 70.1 Å². The number of carbonyl (C=O) groups is 2. The van der Waals surface area contributed by atoms with Crippen LogP contribution in [-0.2, 0) is 16.9 Å². The number of fused-ring (bicyclic) bond motifs is 1. The third-order valence-corrected chi connectivity index (χ3v) is 7.94. The Morgan fingerprint density at radius 2 is 1.94 bits per heavy atom.